The van der Waals surface area contributed by atoms with E-state index in [2.05, 4.69) is 4.98 Å². The van der Waals surface area contributed by atoms with Gasteiger partial charge in [-0.25, -0.2) is 0 Å². The molecule has 0 saturated carbocycles. The first-order valence-corrected chi connectivity index (χ1v) is 3.52. The molecule has 13 heavy (non-hydrogen) atoms. The third-order valence-electron chi connectivity index (χ3n) is 1.53. The molecule has 1 aromatic rings. The molecule has 1 atom stereocenters. The van der Waals surface area contributed by atoms with Crippen molar-refractivity contribution in [1.29, 1.82) is 5.26 Å². The minimum atomic E-state index is -3.03. The van der Waals surface area contributed by atoms with Crippen molar-refractivity contribution in [3.05, 3.63) is 30.1 Å². The lowest BCUT2D eigenvalue weighted by atomic mass is 10.0. The summed E-state index contributed by atoms with van der Waals surface area (Å²) >= 11 is 0. The molecule has 0 saturated heterocycles. The number of hydrogen-bond donors (Lipinski definition) is 3. The van der Waals surface area contributed by atoms with Crippen LogP contribution in [-0.4, -0.2) is 26.3 Å². The molecule has 5 heteroatoms. The van der Waals surface area contributed by atoms with Crippen molar-refractivity contribution in [2.45, 2.75) is 11.9 Å². The van der Waals surface area contributed by atoms with Gasteiger partial charge in [-0.1, -0.05) is 6.07 Å². The molecule has 0 bridgehead atoms. The summed E-state index contributed by atoms with van der Waals surface area (Å²) in [6, 6.07) is 4.57. The summed E-state index contributed by atoms with van der Waals surface area (Å²) in [7, 11) is 0. The molecule has 1 aromatic heterocycles. The summed E-state index contributed by atoms with van der Waals surface area (Å²) in [5, 5.41) is 34.9. The van der Waals surface area contributed by atoms with Crippen LogP contribution in [0.15, 0.2) is 24.5 Å². The molecule has 0 aliphatic heterocycles. The van der Waals surface area contributed by atoms with Crippen LogP contribution in [0.1, 0.15) is 11.5 Å². The predicted molar refractivity (Wildman–Crippen MR) is 42.0 cm³/mol. The normalized spacial score (nSPS) is 13.4. The minimum absolute atomic E-state index is 0.248. The first-order valence-electron chi connectivity index (χ1n) is 3.52. The molecule has 0 fully saturated rings. The molecular weight excluding hydrogens is 172 g/mol. The van der Waals surface area contributed by atoms with Gasteiger partial charge in [0.05, 0.1) is 6.07 Å². The van der Waals surface area contributed by atoms with Crippen LogP contribution in [0.4, 0.5) is 0 Å². The van der Waals surface area contributed by atoms with Gasteiger partial charge in [-0.3, -0.25) is 4.98 Å². The standard InChI is InChI=1S/C8H8N2O3/c9-4-7(8(11,12)13)6-2-1-3-10-5-6/h1-3,5,7,11-13H. The van der Waals surface area contributed by atoms with E-state index >= 15 is 0 Å². The molecule has 0 radical (unpaired) electrons. The monoisotopic (exact) mass is 180 g/mol. The van der Waals surface area contributed by atoms with Gasteiger partial charge in [0, 0.05) is 12.4 Å². The second-order valence-corrected chi connectivity index (χ2v) is 2.54. The Morgan fingerprint density at radius 3 is 2.54 bits per heavy atom. The molecule has 0 spiro atoms. The Kier molecular flexibility index (Phi) is 2.58. The Labute approximate surface area is 74.5 Å². The van der Waals surface area contributed by atoms with Gasteiger partial charge in [-0.2, -0.15) is 5.26 Å². The van der Waals surface area contributed by atoms with E-state index in [1.54, 1.807) is 6.07 Å². The van der Waals surface area contributed by atoms with Crippen LogP contribution in [0.3, 0.4) is 0 Å². The maximum Gasteiger partial charge on any atom is 0.296 e. The van der Waals surface area contributed by atoms with Crippen molar-refractivity contribution < 1.29 is 15.3 Å². The van der Waals surface area contributed by atoms with Crippen molar-refractivity contribution in [1.82, 2.24) is 4.98 Å². The van der Waals surface area contributed by atoms with Crippen molar-refractivity contribution >= 4 is 0 Å². The highest BCUT2D eigenvalue weighted by Crippen LogP contribution is 2.22. The fraction of sp³-hybridized carbons (Fsp3) is 0.250. The Morgan fingerprint density at radius 2 is 2.15 bits per heavy atom. The largest absolute Gasteiger partial charge is 0.342 e. The van der Waals surface area contributed by atoms with Crippen molar-refractivity contribution in [2.75, 3.05) is 0 Å². The van der Waals surface area contributed by atoms with Gasteiger partial charge < -0.3 is 15.3 Å². The molecule has 0 aliphatic carbocycles. The Hall–Kier alpha value is -1.48. The number of pyridine rings is 1. The number of aromatic nitrogens is 1. The molecule has 68 valence electrons. The Balaban J connectivity index is 3.01. The maximum atomic E-state index is 8.79. The number of hydrogen-bond acceptors (Lipinski definition) is 5. The smallest absolute Gasteiger partial charge is 0.296 e. The first kappa shape index (κ1) is 9.61. The highest BCUT2D eigenvalue weighted by Gasteiger charge is 2.33. The maximum absolute atomic E-state index is 8.79. The molecule has 0 aromatic carbocycles. The lowest BCUT2D eigenvalue weighted by Gasteiger charge is -2.19. The Bertz CT molecular complexity index is 312. The minimum Gasteiger partial charge on any atom is -0.342 e. The molecule has 1 rings (SSSR count). The van der Waals surface area contributed by atoms with Gasteiger partial charge in [0.2, 0.25) is 0 Å². The number of aliphatic hydroxyl groups is 3. The average molecular weight is 180 g/mol. The highest BCUT2D eigenvalue weighted by molar-refractivity contribution is 5.22. The first-order chi connectivity index (χ1) is 6.05. The summed E-state index contributed by atoms with van der Waals surface area (Å²) in [6.45, 7) is 0. The van der Waals surface area contributed by atoms with E-state index in [0.29, 0.717) is 0 Å². The second-order valence-electron chi connectivity index (χ2n) is 2.54. The van der Waals surface area contributed by atoms with Crippen LogP contribution in [0.2, 0.25) is 0 Å². The lowest BCUT2D eigenvalue weighted by molar-refractivity contribution is -0.317. The third-order valence-corrected chi connectivity index (χ3v) is 1.53. The Morgan fingerprint density at radius 1 is 1.46 bits per heavy atom. The van der Waals surface area contributed by atoms with Crippen LogP contribution in [0.25, 0.3) is 0 Å². The quantitative estimate of drug-likeness (QED) is 0.524. The van der Waals surface area contributed by atoms with Crippen LogP contribution in [0, 0.1) is 11.3 Å². The number of rotatable bonds is 2. The van der Waals surface area contributed by atoms with Gasteiger partial charge in [0.1, 0.15) is 0 Å². The molecule has 5 nitrogen and oxygen atoms in total. The van der Waals surface area contributed by atoms with Crippen molar-refractivity contribution in [3.63, 3.8) is 0 Å². The SMILES string of the molecule is N#CC(c1cccnc1)C(O)(O)O. The van der Waals surface area contributed by atoms with Gasteiger partial charge in [-0.15, -0.1) is 0 Å². The molecule has 1 unspecified atom stereocenters. The third kappa shape index (κ3) is 2.23. The van der Waals surface area contributed by atoms with Crippen LogP contribution in [-0.2, 0) is 0 Å². The summed E-state index contributed by atoms with van der Waals surface area (Å²) in [5.74, 6) is -4.45. The van der Waals surface area contributed by atoms with Crippen molar-refractivity contribution in [3.8, 4) is 6.07 Å². The topological polar surface area (TPSA) is 97.4 Å². The van der Waals surface area contributed by atoms with E-state index in [-0.39, 0.29) is 5.56 Å². The van der Waals surface area contributed by atoms with E-state index in [1.807, 2.05) is 0 Å². The lowest BCUT2D eigenvalue weighted by Crippen LogP contribution is -2.34. The van der Waals surface area contributed by atoms with Gasteiger partial charge in [0.15, 0.2) is 5.92 Å². The molecular formula is C8H8N2O3. The highest BCUT2D eigenvalue weighted by atomic mass is 16.7. The van der Waals surface area contributed by atoms with E-state index in [0.717, 1.165) is 0 Å². The predicted octanol–water partition coefficient (Wildman–Crippen LogP) is -0.681. The summed E-state index contributed by atoms with van der Waals surface area (Å²) < 4.78 is 0. The zero-order valence-corrected chi connectivity index (χ0v) is 6.62. The van der Waals surface area contributed by atoms with E-state index in [1.165, 1.54) is 24.5 Å². The average Bonchev–Trinajstić information content (AvgIpc) is 2.05. The van der Waals surface area contributed by atoms with Crippen LogP contribution in [0.5, 0.6) is 0 Å². The zero-order valence-electron chi connectivity index (χ0n) is 6.62. The van der Waals surface area contributed by atoms with Crippen LogP contribution < -0.4 is 0 Å². The van der Waals surface area contributed by atoms with Gasteiger partial charge in [-0.05, 0) is 11.6 Å². The fourth-order valence-corrected chi connectivity index (χ4v) is 0.931. The summed E-state index contributed by atoms with van der Waals surface area (Å²) in [6.07, 6.45) is 2.76. The van der Waals surface area contributed by atoms with E-state index < -0.39 is 11.9 Å². The van der Waals surface area contributed by atoms with Gasteiger partial charge in [0.25, 0.3) is 5.97 Å². The molecule has 0 amide bonds. The molecule has 1 heterocycles. The van der Waals surface area contributed by atoms with E-state index in [4.69, 9.17) is 20.6 Å². The zero-order chi connectivity index (χ0) is 9.90. The number of nitrogens with zero attached hydrogens (tertiary/aromatic N) is 2. The summed E-state index contributed by atoms with van der Waals surface area (Å²) in [5.41, 5.74) is 0.248. The van der Waals surface area contributed by atoms with E-state index in [9.17, 15) is 0 Å². The molecule has 3 N–H and O–H groups in total. The van der Waals surface area contributed by atoms with Crippen molar-refractivity contribution in [2.24, 2.45) is 0 Å². The van der Waals surface area contributed by atoms with Crippen LogP contribution >= 0.6 is 0 Å². The second kappa shape index (κ2) is 3.49. The fourth-order valence-electron chi connectivity index (χ4n) is 0.931. The molecule has 0 aliphatic rings. The van der Waals surface area contributed by atoms with Gasteiger partial charge >= 0.3 is 0 Å². The summed E-state index contributed by atoms with van der Waals surface area (Å²) in [4.78, 5) is 3.68. The number of nitriles is 1.